The molecule has 0 bridgehead atoms. The minimum atomic E-state index is -0.197. The molecular formula is C9H12FNO. The number of hydroxylamine groups is 1. The number of halogens is 1. The van der Waals surface area contributed by atoms with Crippen molar-refractivity contribution in [2.75, 3.05) is 13.7 Å². The quantitative estimate of drug-likeness (QED) is 0.545. The lowest BCUT2D eigenvalue weighted by molar-refractivity contribution is 0.0603. The van der Waals surface area contributed by atoms with Gasteiger partial charge in [0.2, 0.25) is 0 Å². The summed E-state index contributed by atoms with van der Waals surface area (Å²) in [5.41, 5.74) is 3.51. The van der Waals surface area contributed by atoms with Crippen molar-refractivity contribution in [1.29, 1.82) is 0 Å². The van der Waals surface area contributed by atoms with Gasteiger partial charge in [-0.25, -0.2) is 9.87 Å². The minimum absolute atomic E-state index is 0.197. The highest BCUT2D eigenvalue weighted by molar-refractivity contribution is 5.16. The van der Waals surface area contributed by atoms with Gasteiger partial charge in [0, 0.05) is 7.05 Å². The summed E-state index contributed by atoms with van der Waals surface area (Å²) >= 11 is 0. The highest BCUT2D eigenvalue weighted by Crippen LogP contribution is 2.03. The fourth-order valence-electron chi connectivity index (χ4n) is 0.963. The van der Waals surface area contributed by atoms with E-state index in [4.69, 9.17) is 4.84 Å². The van der Waals surface area contributed by atoms with Crippen LogP contribution in [0.4, 0.5) is 4.39 Å². The molecule has 0 fully saturated rings. The average Bonchev–Trinajstić information content (AvgIpc) is 2.05. The van der Waals surface area contributed by atoms with Crippen LogP contribution in [0.5, 0.6) is 0 Å². The highest BCUT2D eigenvalue weighted by Gasteiger charge is 1.94. The first-order valence-electron chi connectivity index (χ1n) is 3.86. The van der Waals surface area contributed by atoms with E-state index in [-0.39, 0.29) is 5.82 Å². The Balaban J connectivity index is 2.41. The monoisotopic (exact) mass is 169 g/mol. The van der Waals surface area contributed by atoms with Gasteiger partial charge in [0.25, 0.3) is 0 Å². The second-order valence-corrected chi connectivity index (χ2v) is 2.43. The van der Waals surface area contributed by atoms with Gasteiger partial charge in [-0.1, -0.05) is 12.1 Å². The number of hydrogen-bond donors (Lipinski definition) is 1. The van der Waals surface area contributed by atoms with Crippen LogP contribution in [0.15, 0.2) is 24.3 Å². The van der Waals surface area contributed by atoms with Crippen molar-refractivity contribution in [1.82, 2.24) is 5.48 Å². The van der Waals surface area contributed by atoms with Crippen molar-refractivity contribution in [3.05, 3.63) is 35.6 Å². The molecule has 0 aliphatic carbocycles. The van der Waals surface area contributed by atoms with Crippen molar-refractivity contribution >= 4 is 0 Å². The molecule has 12 heavy (non-hydrogen) atoms. The zero-order chi connectivity index (χ0) is 8.81. The Kier molecular flexibility index (Phi) is 3.70. The summed E-state index contributed by atoms with van der Waals surface area (Å²) in [7, 11) is 1.70. The zero-order valence-electron chi connectivity index (χ0n) is 7.01. The molecule has 1 rings (SSSR count). The second kappa shape index (κ2) is 4.85. The van der Waals surface area contributed by atoms with Crippen LogP contribution in [0.3, 0.4) is 0 Å². The van der Waals surface area contributed by atoms with Crippen molar-refractivity contribution < 1.29 is 9.23 Å². The van der Waals surface area contributed by atoms with Crippen LogP contribution < -0.4 is 5.48 Å². The smallest absolute Gasteiger partial charge is 0.123 e. The van der Waals surface area contributed by atoms with Crippen molar-refractivity contribution in [2.24, 2.45) is 0 Å². The predicted octanol–water partition coefficient (Wildman–Crippen LogP) is 1.52. The van der Waals surface area contributed by atoms with Crippen LogP contribution in [-0.2, 0) is 11.3 Å². The van der Waals surface area contributed by atoms with Gasteiger partial charge in [0.05, 0.1) is 6.61 Å². The summed E-state index contributed by atoms with van der Waals surface area (Å²) in [6.45, 7) is 0.556. The number of hydrogen-bond acceptors (Lipinski definition) is 2. The van der Waals surface area contributed by atoms with Gasteiger partial charge >= 0.3 is 0 Å². The molecule has 0 spiro atoms. The summed E-state index contributed by atoms with van der Waals surface area (Å²) in [5.74, 6) is -0.197. The third kappa shape index (κ3) is 2.98. The third-order valence-corrected chi connectivity index (χ3v) is 1.53. The minimum Gasteiger partial charge on any atom is -0.302 e. The molecule has 3 heteroatoms. The van der Waals surface area contributed by atoms with Crippen LogP contribution in [-0.4, -0.2) is 13.7 Å². The van der Waals surface area contributed by atoms with Gasteiger partial charge in [0.15, 0.2) is 0 Å². The van der Waals surface area contributed by atoms with Crippen LogP contribution in [0.2, 0.25) is 0 Å². The first kappa shape index (κ1) is 9.16. The topological polar surface area (TPSA) is 21.3 Å². The van der Waals surface area contributed by atoms with Gasteiger partial charge < -0.3 is 4.84 Å². The fourth-order valence-corrected chi connectivity index (χ4v) is 0.963. The lowest BCUT2D eigenvalue weighted by Gasteiger charge is -2.01. The van der Waals surface area contributed by atoms with E-state index in [2.05, 4.69) is 5.48 Å². The predicted molar refractivity (Wildman–Crippen MR) is 45.1 cm³/mol. The molecule has 0 saturated heterocycles. The van der Waals surface area contributed by atoms with Crippen LogP contribution in [0, 0.1) is 5.82 Å². The van der Waals surface area contributed by atoms with Crippen molar-refractivity contribution in [3.63, 3.8) is 0 Å². The van der Waals surface area contributed by atoms with Crippen molar-refractivity contribution in [2.45, 2.75) is 6.42 Å². The van der Waals surface area contributed by atoms with Crippen LogP contribution >= 0.6 is 0 Å². The number of nitrogens with one attached hydrogen (secondary N) is 1. The van der Waals surface area contributed by atoms with E-state index in [0.717, 1.165) is 12.0 Å². The molecule has 1 aromatic carbocycles. The number of rotatable bonds is 4. The molecule has 1 N–H and O–H groups in total. The maximum Gasteiger partial charge on any atom is 0.123 e. The summed E-state index contributed by atoms with van der Waals surface area (Å²) in [4.78, 5) is 4.90. The summed E-state index contributed by atoms with van der Waals surface area (Å²) in [6, 6.07) is 6.52. The molecule has 0 radical (unpaired) electrons. The molecule has 1 aromatic rings. The summed E-state index contributed by atoms with van der Waals surface area (Å²) in [6.07, 6.45) is 0.721. The molecule has 0 aromatic heterocycles. The molecule has 0 saturated carbocycles. The highest BCUT2D eigenvalue weighted by atomic mass is 19.1. The Morgan fingerprint density at radius 3 is 3.00 bits per heavy atom. The Labute approximate surface area is 71.3 Å². The van der Waals surface area contributed by atoms with Gasteiger partial charge in [0.1, 0.15) is 5.82 Å². The molecule has 66 valence electrons. The van der Waals surface area contributed by atoms with Gasteiger partial charge in [-0.3, -0.25) is 0 Å². The van der Waals surface area contributed by atoms with Crippen LogP contribution in [0.25, 0.3) is 0 Å². The Hall–Kier alpha value is -0.930. The molecule has 0 aliphatic heterocycles. The van der Waals surface area contributed by atoms with Crippen LogP contribution in [0.1, 0.15) is 5.56 Å². The van der Waals surface area contributed by atoms with E-state index in [9.17, 15) is 4.39 Å². The van der Waals surface area contributed by atoms with E-state index in [0.29, 0.717) is 6.61 Å². The second-order valence-electron chi connectivity index (χ2n) is 2.43. The molecule has 0 heterocycles. The molecule has 2 nitrogen and oxygen atoms in total. The fraction of sp³-hybridized carbons (Fsp3) is 0.333. The lowest BCUT2D eigenvalue weighted by Crippen LogP contribution is -2.10. The zero-order valence-corrected chi connectivity index (χ0v) is 7.01. The SMILES string of the molecule is CNOCCc1cccc(F)c1. The molecule has 0 unspecified atom stereocenters. The average molecular weight is 169 g/mol. The summed E-state index contributed by atoms with van der Waals surface area (Å²) in [5, 5.41) is 0. The largest absolute Gasteiger partial charge is 0.302 e. The first-order valence-corrected chi connectivity index (χ1v) is 3.86. The molecule has 0 aliphatic rings. The van der Waals surface area contributed by atoms with E-state index in [1.54, 1.807) is 13.1 Å². The van der Waals surface area contributed by atoms with Gasteiger partial charge in [-0.15, -0.1) is 0 Å². The molecule has 0 atom stereocenters. The Bertz CT molecular complexity index is 240. The number of benzene rings is 1. The molecule has 0 amide bonds. The standard InChI is InChI=1S/C9H12FNO/c1-11-12-6-5-8-3-2-4-9(10)7-8/h2-4,7,11H,5-6H2,1H3. The lowest BCUT2D eigenvalue weighted by atomic mass is 10.2. The van der Waals surface area contributed by atoms with E-state index < -0.39 is 0 Å². The van der Waals surface area contributed by atoms with Gasteiger partial charge in [-0.2, -0.15) is 0 Å². The molecular weight excluding hydrogens is 157 g/mol. The van der Waals surface area contributed by atoms with E-state index in [1.807, 2.05) is 6.07 Å². The third-order valence-electron chi connectivity index (χ3n) is 1.53. The first-order chi connectivity index (χ1) is 5.83. The van der Waals surface area contributed by atoms with E-state index >= 15 is 0 Å². The maximum absolute atomic E-state index is 12.6. The van der Waals surface area contributed by atoms with Crippen molar-refractivity contribution in [3.8, 4) is 0 Å². The Morgan fingerprint density at radius 2 is 2.33 bits per heavy atom. The van der Waals surface area contributed by atoms with Gasteiger partial charge in [-0.05, 0) is 24.1 Å². The normalized spacial score (nSPS) is 10.2. The summed E-state index contributed by atoms with van der Waals surface area (Å²) < 4.78 is 12.6. The Morgan fingerprint density at radius 1 is 1.50 bits per heavy atom. The maximum atomic E-state index is 12.6. The van der Waals surface area contributed by atoms with E-state index in [1.165, 1.54) is 12.1 Å².